The summed E-state index contributed by atoms with van der Waals surface area (Å²) in [6, 6.07) is 14.7. The number of nitrogens with zero attached hydrogens (tertiary/aromatic N) is 4. The van der Waals surface area contributed by atoms with Crippen molar-refractivity contribution in [2.75, 3.05) is 44.3 Å². The van der Waals surface area contributed by atoms with Crippen LogP contribution in [-0.4, -0.2) is 64.7 Å². The second kappa shape index (κ2) is 13.0. The zero-order chi connectivity index (χ0) is 30.8. The number of H-pyrrole nitrogens is 1. The van der Waals surface area contributed by atoms with Crippen LogP contribution in [0.2, 0.25) is 0 Å². The van der Waals surface area contributed by atoms with Crippen molar-refractivity contribution in [2.45, 2.75) is 59.7 Å². The van der Waals surface area contributed by atoms with Gasteiger partial charge in [-0.05, 0) is 75.8 Å². The van der Waals surface area contributed by atoms with Crippen LogP contribution in [0.3, 0.4) is 0 Å². The van der Waals surface area contributed by atoms with Gasteiger partial charge in [0.25, 0.3) is 11.5 Å². The van der Waals surface area contributed by atoms with Crippen molar-refractivity contribution >= 4 is 22.6 Å². The number of carbonyl (C=O) groups excluding carboxylic acids is 1. The van der Waals surface area contributed by atoms with Crippen LogP contribution in [0.5, 0.6) is 0 Å². The van der Waals surface area contributed by atoms with E-state index in [4.69, 9.17) is 9.72 Å². The summed E-state index contributed by atoms with van der Waals surface area (Å²) in [6.07, 6.45) is 4.14. The van der Waals surface area contributed by atoms with Gasteiger partial charge in [-0.3, -0.25) is 14.5 Å². The number of anilines is 1. The van der Waals surface area contributed by atoms with E-state index < -0.39 is 0 Å². The van der Waals surface area contributed by atoms with Gasteiger partial charge < -0.3 is 24.5 Å². The molecule has 5 heterocycles. The van der Waals surface area contributed by atoms with E-state index in [1.54, 1.807) is 0 Å². The van der Waals surface area contributed by atoms with Crippen molar-refractivity contribution in [1.82, 2.24) is 24.8 Å². The van der Waals surface area contributed by atoms with Gasteiger partial charge in [0.15, 0.2) is 0 Å². The monoisotopic (exact) mass is 596 g/mol. The molecule has 3 aromatic heterocycles. The highest BCUT2D eigenvalue weighted by Gasteiger charge is 2.29. The molecular formula is C35H44N6O3. The van der Waals surface area contributed by atoms with Crippen LogP contribution in [0.1, 0.15) is 64.2 Å². The zero-order valence-electron chi connectivity index (χ0n) is 26.4. The maximum absolute atomic E-state index is 13.6. The number of nitrogens with one attached hydrogen (secondary N) is 2. The van der Waals surface area contributed by atoms with Crippen molar-refractivity contribution in [1.29, 1.82) is 0 Å². The van der Waals surface area contributed by atoms with Crippen LogP contribution in [0, 0.1) is 26.7 Å². The van der Waals surface area contributed by atoms with Gasteiger partial charge in [-0.15, -0.1) is 0 Å². The number of aryl methyl sites for hydroxylation is 2. The number of benzene rings is 1. The summed E-state index contributed by atoms with van der Waals surface area (Å²) in [5, 5.41) is 3.98. The Balaban J connectivity index is 1.14. The highest BCUT2D eigenvalue weighted by Crippen LogP contribution is 2.36. The average molecular weight is 597 g/mol. The molecule has 0 radical (unpaired) electrons. The molecule has 2 aliphatic heterocycles. The first kappa shape index (κ1) is 30.1. The summed E-state index contributed by atoms with van der Waals surface area (Å²) >= 11 is 0. The molecule has 9 nitrogen and oxygen atoms in total. The van der Waals surface area contributed by atoms with Crippen LogP contribution in [0.15, 0.2) is 53.5 Å². The first-order valence-corrected chi connectivity index (χ1v) is 15.9. The fourth-order valence-electron chi connectivity index (χ4n) is 7.10. The Bertz CT molecular complexity index is 1680. The van der Waals surface area contributed by atoms with E-state index in [0.29, 0.717) is 17.0 Å². The number of piperidine rings is 1. The van der Waals surface area contributed by atoms with E-state index >= 15 is 0 Å². The number of fused-ring (bicyclic) bond motifs is 1. The van der Waals surface area contributed by atoms with Crippen LogP contribution in [0.25, 0.3) is 10.9 Å². The second-order valence-corrected chi connectivity index (χ2v) is 12.5. The molecular weight excluding hydrogens is 552 g/mol. The minimum absolute atomic E-state index is 0.151. The van der Waals surface area contributed by atoms with Crippen molar-refractivity contribution in [3.05, 3.63) is 92.7 Å². The lowest BCUT2D eigenvalue weighted by atomic mass is 9.90. The molecule has 9 heteroatoms. The molecule has 2 aliphatic rings. The molecule has 6 rings (SSSR count). The number of ether oxygens (including phenoxy) is 1. The summed E-state index contributed by atoms with van der Waals surface area (Å²) < 4.78 is 7.82. The third-order valence-corrected chi connectivity index (χ3v) is 9.57. The van der Waals surface area contributed by atoms with Crippen molar-refractivity contribution in [3.63, 3.8) is 0 Å². The highest BCUT2D eigenvalue weighted by molar-refractivity contribution is 6.08. The maximum atomic E-state index is 13.6. The third-order valence-electron chi connectivity index (χ3n) is 9.57. The van der Waals surface area contributed by atoms with Crippen LogP contribution in [0.4, 0.5) is 5.82 Å². The molecule has 0 bridgehead atoms. The first-order valence-electron chi connectivity index (χ1n) is 15.9. The Labute approximate surface area is 259 Å². The summed E-state index contributed by atoms with van der Waals surface area (Å²) in [6.45, 7) is 14.7. The molecule has 0 saturated carbocycles. The molecule has 4 aromatic rings. The maximum Gasteiger partial charge on any atom is 0.254 e. The standard InChI is InChI=1S/C35H44N6O3/c1-23-19-24(2)38-34(42)30(23)21-37-35(43)33-26(4)41(31-8-6-5-7-29(31)33)25(3)28-11-13-40(14-12-28)32-10-9-27(20-36-32)22-39-15-17-44-18-16-39/h5-10,19-20,25,28H,11-18,21-22H2,1-4H3,(H,37,43)(H,38,42)/t25-/m1/s1. The number of hydrogen-bond donors (Lipinski definition) is 2. The van der Waals surface area contributed by atoms with Crippen LogP contribution >= 0.6 is 0 Å². The molecule has 1 aromatic carbocycles. The highest BCUT2D eigenvalue weighted by atomic mass is 16.5. The number of hydrogen-bond acceptors (Lipinski definition) is 6. The lowest BCUT2D eigenvalue weighted by molar-refractivity contribution is 0.0341. The number of morpholine rings is 1. The summed E-state index contributed by atoms with van der Waals surface area (Å²) in [5.74, 6) is 1.37. The first-order chi connectivity index (χ1) is 21.3. The predicted octanol–water partition coefficient (Wildman–Crippen LogP) is 4.89. The Morgan fingerprint density at radius 1 is 1.07 bits per heavy atom. The largest absolute Gasteiger partial charge is 0.379 e. The number of para-hydroxylation sites is 1. The molecule has 2 fully saturated rings. The fraction of sp³-hybridized carbons (Fsp3) is 0.457. The van der Waals surface area contributed by atoms with Gasteiger partial charge in [0.05, 0.1) is 18.8 Å². The normalized spacial score (nSPS) is 17.2. The molecule has 0 unspecified atom stereocenters. The fourth-order valence-corrected chi connectivity index (χ4v) is 7.10. The van der Waals surface area contributed by atoms with Crippen LogP contribution < -0.4 is 15.8 Å². The average Bonchev–Trinajstić information content (AvgIpc) is 3.32. The minimum Gasteiger partial charge on any atom is -0.379 e. The van der Waals surface area contributed by atoms with Gasteiger partial charge in [-0.1, -0.05) is 24.3 Å². The zero-order valence-corrected chi connectivity index (χ0v) is 26.4. The number of aromatic amines is 1. The van der Waals surface area contributed by atoms with E-state index in [-0.39, 0.29) is 24.1 Å². The quantitative estimate of drug-likeness (QED) is 0.301. The summed E-state index contributed by atoms with van der Waals surface area (Å²) in [4.78, 5) is 38.7. The Morgan fingerprint density at radius 2 is 1.82 bits per heavy atom. The topological polar surface area (TPSA) is 95.5 Å². The molecule has 1 atom stereocenters. The minimum atomic E-state index is -0.152. The summed E-state index contributed by atoms with van der Waals surface area (Å²) in [5.41, 5.74) is 6.10. The molecule has 2 N–H and O–H groups in total. The van der Waals surface area contributed by atoms with Gasteiger partial charge in [0.1, 0.15) is 5.82 Å². The van der Waals surface area contributed by atoms with Gasteiger partial charge in [-0.2, -0.15) is 0 Å². The predicted molar refractivity (Wildman–Crippen MR) is 174 cm³/mol. The number of aromatic nitrogens is 3. The van der Waals surface area contributed by atoms with Crippen molar-refractivity contribution in [3.8, 4) is 0 Å². The third kappa shape index (κ3) is 6.16. The van der Waals surface area contributed by atoms with Crippen LogP contribution in [-0.2, 0) is 17.8 Å². The molecule has 232 valence electrons. The van der Waals surface area contributed by atoms with Crippen molar-refractivity contribution < 1.29 is 9.53 Å². The number of carbonyl (C=O) groups is 1. The van der Waals surface area contributed by atoms with E-state index in [1.165, 1.54) is 5.56 Å². The molecule has 44 heavy (non-hydrogen) atoms. The lowest BCUT2D eigenvalue weighted by Gasteiger charge is -2.36. The van der Waals surface area contributed by atoms with Gasteiger partial charge in [0, 0.05) is 79.4 Å². The van der Waals surface area contributed by atoms with Crippen molar-refractivity contribution in [2.24, 2.45) is 5.92 Å². The SMILES string of the molecule is Cc1cc(C)c(CNC(=O)c2c(C)n([C@H](C)C3CCN(c4ccc(CN5CCOCC5)cn4)CC3)c3ccccc23)c(=O)[nH]1. The number of rotatable bonds is 8. The van der Waals surface area contributed by atoms with E-state index in [1.807, 2.05) is 51.2 Å². The van der Waals surface area contributed by atoms with Gasteiger partial charge in [-0.25, -0.2) is 4.98 Å². The lowest BCUT2D eigenvalue weighted by Crippen LogP contribution is -2.37. The van der Waals surface area contributed by atoms with E-state index in [0.717, 1.165) is 92.5 Å². The van der Waals surface area contributed by atoms with E-state index in [9.17, 15) is 9.59 Å². The number of amides is 1. The molecule has 1 amide bonds. The second-order valence-electron chi connectivity index (χ2n) is 12.5. The Hall–Kier alpha value is -3.95. The Kier molecular flexibility index (Phi) is 8.86. The molecule has 0 spiro atoms. The summed E-state index contributed by atoms with van der Waals surface area (Å²) in [7, 11) is 0. The number of pyridine rings is 2. The van der Waals surface area contributed by atoms with E-state index in [2.05, 4.69) is 49.8 Å². The van der Waals surface area contributed by atoms with Gasteiger partial charge >= 0.3 is 0 Å². The molecule has 0 aliphatic carbocycles. The Morgan fingerprint density at radius 3 is 2.52 bits per heavy atom. The smallest absolute Gasteiger partial charge is 0.254 e. The molecule has 2 saturated heterocycles. The van der Waals surface area contributed by atoms with Gasteiger partial charge in [0.2, 0.25) is 0 Å².